The summed E-state index contributed by atoms with van der Waals surface area (Å²) in [5, 5.41) is 14.0. The van der Waals surface area contributed by atoms with Gasteiger partial charge in [0.2, 0.25) is 11.9 Å². The van der Waals surface area contributed by atoms with Gasteiger partial charge in [0.25, 0.3) is 0 Å². The molecule has 2 aromatic heterocycles. The Morgan fingerprint density at radius 2 is 2.22 bits per heavy atom. The van der Waals surface area contributed by atoms with E-state index >= 15 is 0 Å². The maximum Gasteiger partial charge on any atom is 0.249 e. The van der Waals surface area contributed by atoms with E-state index in [0.29, 0.717) is 11.4 Å². The fourth-order valence-electron chi connectivity index (χ4n) is 1.47. The summed E-state index contributed by atoms with van der Waals surface area (Å²) in [6.45, 7) is 3.66. The van der Waals surface area contributed by atoms with Crippen molar-refractivity contribution in [3.8, 4) is 0 Å². The molecule has 0 spiro atoms. The first-order valence-corrected chi connectivity index (χ1v) is 5.31. The van der Waals surface area contributed by atoms with E-state index in [0.717, 1.165) is 5.69 Å². The summed E-state index contributed by atoms with van der Waals surface area (Å²) < 4.78 is 1.54. The van der Waals surface area contributed by atoms with E-state index in [1.165, 1.54) is 17.1 Å². The quantitative estimate of drug-likeness (QED) is 0.783. The van der Waals surface area contributed by atoms with Gasteiger partial charge in [-0.15, -0.1) is 5.10 Å². The van der Waals surface area contributed by atoms with Crippen LogP contribution in [0.1, 0.15) is 11.4 Å². The van der Waals surface area contributed by atoms with Crippen LogP contribution >= 0.6 is 0 Å². The van der Waals surface area contributed by atoms with Crippen molar-refractivity contribution in [3.63, 3.8) is 0 Å². The Kier molecular flexibility index (Phi) is 3.18. The zero-order valence-corrected chi connectivity index (χ0v) is 10.1. The highest BCUT2D eigenvalue weighted by molar-refractivity contribution is 5.88. The largest absolute Gasteiger partial charge is 0.396 e. The van der Waals surface area contributed by atoms with E-state index < -0.39 is 0 Å². The second kappa shape index (κ2) is 4.78. The molecule has 94 valence electrons. The minimum Gasteiger partial charge on any atom is -0.396 e. The summed E-state index contributed by atoms with van der Waals surface area (Å²) in [6.07, 6.45) is 2.88. The smallest absolute Gasteiger partial charge is 0.249 e. The number of nitrogens with two attached hydrogens (primary N) is 1. The third-order valence-electron chi connectivity index (χ3n) is 2.46. The third-order valence-corrected chi connectivity index (χ3v) is 2.46. The number of amides is 1. The molecule has 0 aliphatic heterocycles. The van der Waals surface area contributed by atoms with Gasteiger partial charge in [-0.05, 0) is 13.8 Å². The van der Waals surface area contributed by atoms with Gasteiger partial charge in [0.1, 0.15) is 6.54 Å². The van der Waals surface area contributed by atoms with E-state index in [1.54, 1.807) is 6.92 Å². The second-order valence-corrected chi connectivity index (χ2v) is 3.76. The normalized spacial score (nSPS) is 10.3. The third kappa shape index (κ3) is 2.42. The number of hydrogen-bond donors (Lipinski definition) is 2. The standard InChI is InChI=1S/C10H13N7O/c1-6-9(11)7(2)17(16-6)5-8(18)14-10-12-3-4-13-15-10/h3-4H,5,11H2,1-2H3,(H,12,14,15,18). The zero-order valence-electron chi connectivity index (χ0n) is 10.1. The molecule has 2 aromatic rings. The van der Waals surface area contributed by atoms with Crippen LogP contribution in [0.2, 0.25) is 0 Å². The first kappa shape index (κ1) is 12.0. The SMILES string of the molecule is Cc1nn(CC(=O)Nc2nccnn2)c(C)c1N. The van der Waals surface area contributed by atoms with Crippen LogP contribution in [-0.4, -0.2) is 30.9 Å². The average molecular weight is 247 g/mol. The molecule has 0 fully saturated rings. The highest BCUT2D eigenvalue weighted by Crippen LogP contribution is 2.14. The number of aromatic nitrogens is 5. The Labute approximate surface area is 103 Å². The van der Waals surface area contributed by atoms with Crippen molar-refractivity contribution in [1.29, 1.82) is 0 Å². The van der Waals surface area contributed by atoms with Crippen molar-refractivity contribution in [1.82, 2.24) is 25.0 Å². The van der Waals surface area contributed by atoms with Crippen molar-refractivity contribution in [3.05, 3.63) is 23.8 Å². The molecule has 8 nitrogen and oxygen atoms in total. The first-order valence-electron chi connectivity index (χ1n) is 5.31. The lowest BCUT2D eigenvalue weighted by Crippen LogP contribution is -2.21. The van der Waals surface area contributed by atoms with Gasteiger partial charge in [0.05, 0.1) is 29.5 Å². The summed E-state index contributed by atoms with van der Waals surface area (Å²) >= 11 is 0. The van der Waals surface area contributed by atoms with Gasteiger partial charge < -0.3 is 5.73 Å². The number of rotatable bonds is 3. The number of nitrogen functional groups attached to an aromatic ring is 1. The molecule has 2 heterocycles. The van der Waals surface area contributed by atoms with Crippen molar-refractivity contribution >= 4 is 17.5 Å². The van der Waals surface area contributed by atoms with Gasteiger partial charge in [-0.3, -0.25) is 14.8 Å². The molecule has 0 aromatic carbocycles. The maximum atomic E-state index is 11.7. The number of aryl methyl sites for hydroxylation is 1. The van der Waals surface area contributed by atoms with E-state index in [2.05, 4.69) is 25.6 Å². The Morgan fingerprint density at radius 1 is 1.44 bits per heavy atom. The lowest BCUT2D eigenvalue weighted by Gasteiger charge is -2.04. The van der Waals surface area contributed by atoms with Crippen LogP contribution in [0, 0.1) is 13.8 Å². The minimum absolute atomic E-state index is 0.0577. The molecule has 0 atom stereocenters. The average Bonchev–Trinajstić information content (AvgIpc) is 2.58. The van der Waals surface area contributed by atoms with Crippen LogP contribution in [0.4, 0.5) is 11.6 Å². The number of nitrogens with one attached hydrogen (secondary N) is 1. The Hall–Kier alpha value is -2.51. The molecule has 8 heteroatoms. The molecule has 0 aliphatic rings. The van der Waals surface area contributed by atoms with Crippen LogP contribution in [0.5, 0.6) is 0 Å². The van der Waals surface area contributed by atoms with Crippen molar-refractivity contribution < 1.29 is 4.79 Å². The lowest BCUT2D eigenvalue weighted by molar-refractivity contribution is -0.117. The highest BCUT2D eigenvalue weighted by Gasteiger charge is 2.12. The maximum absolute atomic E-state index is 11.7. The number of carbonyl (C=O) groups is 1. The van der Waals surface area contributed by atoms with E-state index in [1.807, 2.05) is 6.92 Å². The fraction of sp³-hybridized carbons (Fsp3) is 0.300. The predicted octanol–water partition coefficient (Wildman–Crippen LogP) is -0.0942. The molecule has 0 unspecified atom stereocenters. The summed E-state index contributed by atoms with van der Waals surface area (Å²) in [6, 6.07) is 0. The molecule has 0 saturated heterocycles. The zero-order chi connectivity index (χ0) is 13.1. The molecule has 0 radical (unpaired) electrons. The molecule has 18 heavy (non-hydrogen) atoms. The Balaban J connectivity index is 2.06. The highest BCUT2D eigenvalue weighted by atomic mass is 16.2. The van der Waals surface area contributed by atoms with Gasteiger partial charge in [-0.25, -0.2) is 4.98 Å². The lowest BCUT2D eigenvalue weighted by atomic mass is 10.3. The number of anilines is 2. The van der Waals surface area contributed by atoms with Crippen molar-refractivity contribution in [2.75, 3.05) is 11.1 Å². The van der Waals surface area contributed by atoms with E-state index in [-0.39, 0.29) is 18.4 Å². The van der Waals surface area contributed by atoms with E-state index in [4.69, 9.17) is 5.73 Å². The summed E-state index contributed by atoms with van der Waals surface area (Å²) in [5.41, 5.74) is 7.84. The van der Waals surface area contributed by atoms with E-state index in [9.17, 15) is 4.79 Å². The first-order chi connectivity index (χ1) is 8.58. The van der Waals surface area contributed by atoms with Gasteiger partial charge in [-0.1, -0.05) is 0 Å². The summed E-state index contributed by atoms with van der Waals surface area (Å²) in [4.78, 5) is 15.6. The molecule has 0 bridgehead atoms. The van der Waals surface area contributed by atoms with Gasteiger partial charge in [-0.2, -0.15) is 10.2 Å². The minimum atomic E-state index is -0.284. The van der Waals surface area contributed by atoms with Crippen LogP contribution < -0.4 is 11.1 Å². The molecule has 0 saturated carbocycles. The van der Waals surface area contributed by atoms with Crippen molar-refractivity contribution in [2.24, 2.45) is 0 Å². The number of carbonyl (C=O) groups excluding carboxylic acids is 1. The molecule has 1 amide bonds. The molecule has 3 N–H and O–H groups in total. The number of hydrogen-bond acceptors (Lipinski definition) is 6. The van der Waals surface area contributed by atoms with Crippen LogP contribution in [0.15, 0.2) is 12.4 Å². The van der Waals surface area contributed by atoms with Crippen molar-refractivity contribution in [2.45, 2.75) is 20.4 Å². The monoisotopic (exact) mass is 247 g/mol. The van der Waals surface area contributed by atoms with Gasteiger partial charge in [0, 0.05) is 0 Å². The summed E-state index contributed by atoms with van der Waals surface area (Å²) in [7, 11) is 0. The summed E-state index contributed by atoms with van der Waals surface area (Å²) in [5.74, 6) is -0.120. The molecular formula is C10H13N7O. The van der Waals surface area contributed by atoms with Crippen LogP contribution in [-0.2, 0) is 11.3 Å². The Bertz CT molecular complexity index is 563. The van der Waals surface area contributed by atoms with Crippen LogP contribution in [0.3, 0.4) is 0 Å². The second-order valence-electron chi connectivity index (χ2n) is 3.76. The van der Waals surface area contributed by atoms with Crippen LogP contribution in [0.25, 0.3) is 0 Å². The molecule has 0 aliphatic carbocycles. The molecule has 2 rings (SSSR count). The van der Waals surface area contributed by atoms with Gasteiger partial charge >= 0.3 is 0 Å². The Morgan fingerprint density at radius 3 is 2.78 bits per heavy atom. The fourth-order valence-corrected chi connectivity index (χ4v) is 1.47. The van der Waals surface area contributed by atoms with Gasteiger partial charge in [0.15, 0.2) is 0 Å². The predicted molar refractivity (Wildman–Crippen MR) is 64.6 cm³/mol. The molecular weight excluding hydrogens is 234 g/mol. The number of nitrogens with zero attached hydrogens (tertiary/aromatic N) is 5. The topological polar surface area (TPSA) is 112 Å².